The van der Waals surface area contributed by atoms with Gasteiger partial charge in [-0.15, -0.1) is 24.0 Å². The molecule has 0 amide bonds. The van der Waals surface area contributed by atoms with E-state index in [0.29, 0.717) is 5.41 Å². The lowest BCUT2D eigenvalue weighted by atomic mass is 9.73. The van der Waals surface area contributed by atoms with E-state index in [1.165, 1.54) is 38.6 Å². The summed E-state index contributed by atoms with van der Waals surface area (Å²) < 4.78 is 10.9. The normalized spacial score (nSPS) is 20.7. The molecule has 7 heteroatoms. The van der Waals surface area contributed by atoms with Crippen LogP contribution in [0, 0.1) is 5.41 Å². The van der Waals surface area contributed by atoms with Gasteiger partial charge < -0.3 is 19.8 Å². The Morgan fingerprint density at radius 3 is 2.63 bits per heavy atom. The summed E-state index contributed by atoms with van der Waals surface area (Å²) in [4.78, 5) is 6.99. The molecule has 2 N–H and O–H groups in total. The van der Waals surface area contributed by atoms with E-state index in [2.05, 4.69) is 20.5 Å². The van der Waals surface area contributed by atoms with Gasteiger partial charge >= 0.3 is 0 Å². The molecule has 2 aliphatic rings. The maximum absolute atomic E-state index is 5.52. The van der Waals surface area contributed by atoms with E-state index in [0.717, 1.165) is 57.5 Å². The first-order valence-corrected chi connectivity index (χ1v) is 10.1. The SMILES string of the molecule is CN=C(NCCc1ccco1)NCC1(CN2CCOCC2)CCCCC1.I. The fraction of sp³-hybridized carbons (Fsp3) is 0.750. The molecular formula is C20H35IN4O2. The molecular weight excluding hydrogens is 455 g/mol. The highest BCUT2D eigenvalue weighted by Crippen LogP contribution is 2.36. The highest BCUT2D eigenvalue weighted by atomic mass is 127. The highest BCUT2D eigenvalue weighted by Gasteiger charge is 2.34. The summed E-state index contributed by atoms with van der Waals surface area (Å²) in [6, 6.07) is 3.94. The van der Waals surface area contributed by atoms with Gasteiger partial charge in [0.05, 0.1) is 19.5 Å². The molecule has 0 aromatic carbocycles. The van der Waals surface area contributed by atoms with Crippen molar-refractivity contribution in [3.05, 3.63) is 24.2 Å². The Labute approximate surface area is 180 Å². The molecule has 3 rings (SSSR count). The molecule has 2 heterocycles. The molecule has 0 radical (unpaired) electrons. The molecule has 154 valence electrons. The molecule has 27 heavy (non-hydrogen) atoms. The van der Waals surface area contributed by atoms with Crippen molar-refractivity contribution >= 4 is 29.9 Å². The summed E-state index contributed by atoms with van der Waals surface area (Å²) in [5.74, 6) is 1.90. The Kier molecular flexibility index (Phi) is 9.92. The summed E-state index contributed by atoms with van der Waals surface area (Å²) >= 11 is 0. The number of nitrogens with one attached hydrogen (secondary N) is 2. The van der Waals surface area contributed by atoms with Crippen LogP contribution in [-0.4, -0.2) is 63.8 Å². The van der Waals surface area contributed by atoms with Crippen LogP contribution in [0.2, 0.25) is 0 Å². The van der Waals surface area contributed by atoms with E-state index in [4.69, 9.17) is 9.15 Å². The standard InChI is InChI=1S/C20H34N4O2.HI/c1-21-19(22-10-7-18-6-5-13-26-18)23-16-20(8-3-2-4-9-20)17-24-11-14-25-15-12-24;/h5-6,13H,2-4,7-12,14-17H2,1H3,(H2,21,22,23);1H. The minimum Gasteiger partial charge on any atom is -0.469 e. The fourth-order valence-corrected chi connectivity index (χ4v) is 4.18. The van der Waals surface area contributed by atoms with Gasteiger partial charge in [-0.2, -0.15) is 0 Å². The van der Waals surface area contributed by atoms with Crippen LogP contribution in [0.15, 0.2) is 27.8 Å². The van der Waals surface area contributed by atoms with E-state index in [-0.39, 0.29) is 24.0 Å². The molecule has 6 nitrogen and oxygen atoms in total. The van der Waals surface area contributed by atoms with E-state index >= 15 is 0 Å². The number of hydrogen-bond acceptors (Lipinski definition) is 4. The van der Waals surface area contributed by atoms with Gasteiger partial charge in [-0.25, -0.2) is 0 Å². The van der Waals surface area contributed by atoms with Crippen LogP contribution in [0.25, 0.3) is 0 Å². The van der Waals surface area contributed by atoms with Gasteiger partial charge in [0.2, 0.25) is 0 Å². The molecule has 1 saturated heterocycles. The zero-order chi connectivity index (χ0) is 18.1. The third-order valence-corrected chi connectivity index (χ3v) is 5.68. The maximum atomic E-state index is 5.52. The maximum Gasteiger partial charge on any atom is 0.191 e. The van der Waals surface area contributed by atoms with Gasteiger partial charge in [-0.1, -0.05) is 19.3 Å². The van der Waals surface area contributed by atoms with Gasteiger partial charge in [-0.3, -0.25) is 9.89 Å². The van der Waals surface area contributed by atoms with Crippen molar-refractivity contribution in [2.45, 2.75) is 38.5 Å². The monoisotopic (exact) mass is 490 g/mol. The number of aliphatic imine (C=N–C) groups is 1. The predicted molar refractivity (Wildman–Crippen MR) is 120 cm³/mol. The minimum absolute atomic E-state index is 0. The molecule has 0 unspecified atom stereocenters. The second kappa shape index (κ2) is 11.9. The lowest BCUT2D eigenvalue weighted by Crippen LogP contribution is -2.51. The lowest BCUT2D eigenvalue weighted by molar-refractivity contribution is 0.00820. The molecule has 1 aliphatic carbocycles. The first kappa shape index (κ1) is 22.5. The van der Waals surface area contributed by atoms with Crippen LogP contribution in [0.1, 0.15) is 37.9 Å². The molecule has 2 fully saturated rings. The third kappa shape index (κ3) is 7.27. The largest absolute Gasteiger partial charge is 0.469 e. The van der Waals surface area contributed by atoms with Gasteiger partial charge in [-0.05, 0) is 25.0 Å². The number of ether oxygens (including phenoxy) is 1. The number of hydrogen-bond donors (Lipinski definition) is 2. The van der Waals surface area contributed by atoms with Crippen molar-refractivity contribution < 1.29 is 9.15 Å². The van der Waals surface area contributed by atoms with E-state index in [9.17, 15) is 0 Å². The summed E-state index contributed by atoms with van der Waals surface area (Å²) in [5, 5.41) is 7.01. The van der Waals surface area contributed by atoms with Crippen molar-refractivity contribution in [2.75, 3.05) is 53.0 Å². The summed E-state index contributed by atoms with van der Waals surface area (Å²) in [6.45, 7) is 6.87. The second-order valence-electron chi connectivity index (χ2n) is 7.63. The Bertz CT molecular complexity index is 538. The number of furan rings is 1. The van der Waals surface area contributed by atoms with Crippen LogP contribution >= 0.6 is 24.0 Å². The van der Waals surface area contributed by atoms with Crippen molar-refractivity contribution in [3.8, 4) is 0 Å². The number of morpholine rings is 1. The molecule has 1 aromatic rings. The molecule has 0 spiro atoms. The average Bonchev–Trinajstić information content (AvgIpc) is 3.19. The van der Waals surface area contributed by atoms with Gasteiger partial charge in [0.15, 0.2) is 5.96 Å². The Morgan fingerprint density at radius 2 is 1.96 bits per heavy atom. The van der Waals surface area contributed by atoms with E-state index in [1.807, 2.05) is 19.2 Å². The van der Waals surface area contributed by atoms with Crippen LogP contribution in [0.5, 0.6) is 0 Å². The van der Waals surface area contributed by atoms with Gasteiger partial charge in [0, 0.05) is 51.6 Å². The highest BCUT2D eigenvalue weighted by molar-refractivity contribution is 14.0. The zero-order valence-electron chi connectivity index (χ0n) is 16.5. The van der Waals surface area contributed by atoms with Gasteiger partial charge in [0.1, 0.15) is 5.76 Å². The second-order valence-corrected chi connectivity index (χ2v) is 7.63. The first-order valence-electron chi connectivity index (χ1n) is 10.1. The van der Waals surface area contributed by atoms with Gasteiger partial charge in [0.25, 0.3) is 0 Å². The van der Waals surface area contributed by atoms with Crippen molar-refractivity contribution in [1.82, 2.24) is 15.5 Å². The van der Waals surface area contributed by atoms with Crippen molar-refractivity contribution in [2.24, 2.45) is 10.4 Å². The number of halogens is 1. The van der Waals surface area contributed by atoms with Crippen LogP contribution in [0.4, 0.5) is 0 Å². The summed E-state index contributed by atoms with van der Waals surface area (Å²) in [7, 11) is 1.84. The van der Waals surface area contributed by atoms with Crippen molar-refractivity contribution in [1.29, 1.82) is 0 Å². The third-order valence-electron chi connectivity index (χ3n) is 5.68. The van der Waals surface area contributed by atoms with Crippen LogP contribution < -0.4 is 10.6 Å². The number of nitrogens with zero attached hydrogens (tertiary/aromatic N) is 2. The Balaban J connectivity index is 0.00000261. The quantitative estimate of drug-likeness (QED) is 0.350. The lowest BCUT2D eigenvalue weighted by Gasteiger charge is -2.42. The Morgan fingerprint density at radius 1 is 1.19 bits per heavy atom. The van der Waals surface area contributed by atoms with Crippen molar-refractivity contribution in [3.63, 3.8) is 0 Å². The molecule has 1 aliphatic heterocycles. The first-order chi connectivity index (χ1) is 12.8. The summed E-state index contributed by atoms with van der Waals surface area (Å²) in [6.07, 6.45) is 9.27. The smallest absolute Gasteiger partial charge is 0.191 e. The Hall–Kier alpha value is -0.800. The predicted octanol–water partition coefficient (Wildman–Crippen LogP) is 2.89. The fourth-order valence-electron chi connectivity index (χ4n) is 4.18. The van der Waals surface area contributed by atoms with E-state index in [1.54, 1.807) is 6.26 Å². The molecule has 1 aromatic heterocycles. The average molecular weight is 490 g/mol. The van der Waals surface area contributed by atoms with Crippen LogP contribution in [0.3, 0.4) is 0 Å². The van der Waals surface area contributed by atoms with Crippen LogP contribution in [-0.2, 0) is 11.2 Å². The zero-order valence-corrected chi connectivity index (χ0v) is 18.9. The number of guanidine groups is 1. The topological polar surface area (TPSA) is 62.0 Å². The minimum atomic E-state index is 0. The molecule has 0 bridgehead atoms. The number of rotatable bonds is 7. The molecule has 1 saturated carbocycles. The molecule has 0 atom stereocenters. The summed E-state index contributed by atoms with van der Waals surface area (Å²) in [5.41, 5.74) is 0.355. The van der Waals surface area contributed by atoms with E-state index < -0.39 is 0 Å².